The van der Waals surface area contributed by atoms with Crippen LogP contribution in [0.2, 0.25) is 0 Å². The molecule has 6 heteroatoms. The first kappa shape index (κ1) is 15.2. The Bertz CT molecular complexity index is 625. The fourth-order valence-corrected chi connectivity index (χ4v) is 4.26. The van der Waals surface area contributed by atoms with Crippen molar-refractivity contribution in [2.75, 3.05) is 20.1 Å². The van der Waals surface area contributed by atoms with Gasteiger partial charge < -0.3 is 9.80 Å². The molecule has 3 heterocycles. The van der Waals surface area contributed by atoms with Gasteiger partial charge in [-0.1, -0.05) is 0 Å². The molecule has 0 spiro atoms. The summed E-state index contributed by atoms with van der Waals surface area (Å²) >= 11 is 1.39. The highest BCUT2D eigenvalue weighted by atomic mass is 32.1. The van der Waals surface area contributed by atoms with E-state index in [0.29, 0.717) is 36.9 Å². The summed E-state index contributed by atoms with van der Waals surface area (Å²) in [5.41, 5.74) is 0.905. The number of carbonyl (C=O) groups is 3. The smallest absolute Gasteiger partial charge is 0.227 e. The monoisotopic (exact) mass is 320 g/mol. The Morgan fingerprint density at radius 3 is 2.86 bits per heavy atom. The summed E-state index contributed by atoms with van der Waals surface area (Å²) in [6, 6.07) is 2.10. The molecule has 1 aromatic rings. The lowest BCUT2D eigenvalue weighted by Gasteiger charge is -2.36. The van der Waals surface area contributed by atoms with Gasteiger partial charge >= 0.3 is 0 Å². The lowest BCUT2D eigenvalue weighted by Crippen LogP contribution is -2.47. The van der Waals surface area contributed by atoms with Crippen molar-refractivity contribution in [1.82, 2.24) is 9.80 Å². The molecule has 3 rings (SSSR count). The number of hydrogen-bond donors (Lipinski definition) is 0. The van der Waals surface area contributed by atoms with Gasteiger partial charge in [-0.05, 0) is 30.4 Å². The zero-order valence-electron chi connectivity index (χ0n) is 12.9. The van der Waals surface area contributed by atoms with Gasteiger partial charge in [-0.15, -0.1) is 11.3 Å². The minimum absolute atomic E-state index is 0.0389. The Morgan fingerprint density at radius 2 is 2.18 bits per heavy atom. The average molecular weight is 320 g/mol. The van der Waals surface area contributed by atoms with E-state index in [1.165, 1.54) is 18.3 Å². The van der Waals surface area contributed by atoms with Crippen molar-refractivity contribution in [3.63, 3.8) is 0 Å². The Morgan fingerprint density at radius 1 is 1.41 bits per heavy atom. The molecule has 22 heavy (non-hydrogen) atoms. The first-order valence-corrected chi connectivity index (χ1v) is 8.45. The number of Topliss-reactive ketones (excluding diaryl/α,β-unsaturated/α-hetero) is 1. The van der Waals surface area contributed by atoms with Crippen molar-refractivity contribution in [1.29, 1.82) is 0 Å². The fourth-order valence-electron chi connectivity index (χ4n) is 3.45. The second kappa shape index (κ2) is 5.83. The predicted molar refractivity (Wildman–Crippen MR) is 83.9 cm³/mol. The topological polar surface area (TPSA) is 57.7 Å². The summed E-state index contributed by atoms with van der Waals surface area (Å²) in [4.78, 5) is 39.9. The molecule has 2 fully saturated rings. The summed E-state index contributed by atoms with van der Waals surface area (Å²) in [7, 11) is 1.86. The van der Waals surface area contributed by atoms with E-state index in [4.69, 9.17) is 0 Å². The number of rotatable bonds is 3. The molecule has 0 N–H and O–H groups in total. The van der Waals surface area contributed by atoms with Crippen LogP contribution in [0.25, 0.3) is 0 Å². The van der Waals surface area contributed by atoms with Gasteiger partial charge in [0.1, 0.15) is 0 Å². The number of fused-ring (bicyclic) bond motifs is 1. The Labute approximate surface area is 133 Å². The third kappa shape index (κ3) is 2.79. The summed E-state index contributed by atoms with van der Waals surface area (Å²) in [6.07, 6.45) is 1.75. The molecule has 2 saturated heterocycles. The molecule has 2 aliphatic rings. The van der Waals surface area contributed by atoms with Crippen LogP contribution >= 0.6 is 11.3 Å². The Balaban J connectivity index is 1.61. The molecule has 0 aliphatic carbocycles. The highest BCUT2D eigenvalue weighted by Crippen LogP contribution is 2.31. The second-order valence-electron chi connectivity index (χ2n) is 6.22. The van der Waals surface area contributed by atoms with E-state index in [9.17, 15) is 14.4 Å². The third-order valence-electron chi connectivity index (χ3n) is 4.73. The van der Waals surface area contributed by atoms with Gasteiger partial charge in [-0.25, -0.2) is 0 Å². The van der Waals surface area contributed by atoms with E-state index in [2.05, 4.69) is 0 Å². The molecule has 2 amide bonds. The number of thiophene rings is 1. The third-order valence-corrected chi connectivity index (χ3v) is 5.81. The quantitative estimate of drug-likeness (QED) is 0.795. The van der Waals surface area contributed by atoms with Gasteiger partial charge in [0.15, 0.2) is 5.78 Å². The normalized spacial score (nSPS) is 24.5. The minimum atomic E-state index is 0.0389. The molecule has 0 radical (unpaired) electrons. The highest BCUT2D eigenvalue weighted by molar-refractivity contribution is 7.12. The zero-order chi connectivity index (χ0) is 15.9. The van der Waals surface area contributed by atoms with Crippen molar-refractivity contribution >= 4 is 28.9 Å². The van der Waals surface area contributed by atoms with Gasteiger partial charge in [-0.2, -0.15) is 0 Å². The minimum Gasteiger partial charge on any atom is -0.342 e. The van der Waals surface area contributed by atoms with Crippen LogP contribution in [0.1, 0.15) is 35.0 Å². The number of amides is 2. The maximum Gasteiger partial charge on any atom is 0.227 e. The lowest BCUT2D eigenvalue weighted by atomic mass is 9.92. The number of piperidine rings is 1. The van der Waals surface area contributed by atoms with Crippen molar-refractivity contribution in [2.45, 2.75) is 32.2 Å². The largest absolute Gasteiger partial charge is 0.342 e. The van der Waals surface area contributed by atoms with E-state index in [1.54, 1.807) is 0 Å². The van der Waals surface area contributed by atoms with Crippen LogP contribution in [-0.4, -0.2) is 53.6 Å². The molecule has 2 atom stereocenters. The Hall–Kier alpha value is -1.69. The van der Waals surface area contributed by atoms with Crippen LogP contribution in [-0.2, 0) is 16.0 Å². The molecule has 0 bridgehead atoms. The van der Waals surface area contributed by atoms with Crippen molar-refractivity contribution < 1.29 is 14.4 Å². The molecule has 0 unspecified atom stereocenters. The molecule has 0 aromatic carbocycles. The molecule has 2 aliphatic heterocycles. The van der Waals surface area contributed by atoms with Gasteiger partial charge in [0.2, 0.25) is 11.8 Å². The Kier molecular flexibility index (Phi) is 4.04. The van der Waals surface area contributed by atoms with Gasteiger partial charge in [-0.3, -0.25) is 14.4 Å². The fraction of sp³-hybridized carbons (Fsp3) is 0.562. The lowest BCUT2D eigenvalue weighted by molar-refractivity contribution is -0.132. The first-order chi connectivity index (χ1) is 10.5. The van der Waals surface area contributed by atoms with E-state index in [1.807, 2.05) is 28.3 Å². The van der Waals surface area contributed by atoms with Gasteiger partial charge in [0.05, 0.1) is 11.3 Å². The zero-order valence-corrected chi connectivity index (χ0v) is 13.7. The number of carbonyl (C=O) groups excluding carboxylic acids is 3. The van der Waals surface area contributed by atoms with Crippen LogP contribution in [0, 0.1) is 5.92 Å². The van der Waals surface area contributed by atoms with E-state index >= 15 is 0 Å². The number of likely N-dealkylation sites (tertiary alicyclic amines) is 2. The van der Waals surface area contributed by atoms with Crippen molar-refractivity contribution in [3.8, 4) is 0 Å². The number of nitrogens with zero attached hydrogens (tertiary/aromatic N) is 2. The molecular weight excluding hydrogens is 300 g/mol. The van der Waals surface area contributed by atoms with Crippen molar-refractivity contribution in [3.05, 3.63) is 21.9 Å². The number of hydrogen-bond acceptors (Lipinski definition) is 4. The molecule has 0 saturated carbocycles. The van der Waals surface area contributed by atoms with Crippen molar-refractivity contribution in [2.24, 2.45) is 5.92 Å². The SMILES string of the molecule is CC(=O)c1cc(CC(=O)N2CC[C@H]3[C@H](CC(=O)N3C)C2)cs1. The van der Waals surface area contributed by atoms with E-state index in [0.717, 1.165) is 12.0 Å². The van der Waals surface area contributed by atoms with Gasteiger partial charge in [0, 0.05) is 38.5 Å². The molecule has 1 aromatic heterocycles. The predicted octanol–water partition coefficient (Wildman–Crippen LogP) is 1.57. The van der Waals surface area contributed by atoms with Crippen LogP contribution in [0.5, 0.6) is 0 Å². The van der Waals surface area contributed by atoms with E-state index in [-0.39, 0.29) is 23.5 Å². The van der Waals surface area contributed by atoms with Crippen LogP contribution in [0.4, 0.5) is 0 Å². The molecular formula is C16H20N2O3S. The maximum absolute atomic E-state index is 12.4. The van der Waals surface area contributed by atoms with Gasteiger partial charge in [0.25, 0.3) is 0 Å². The van der Waals surface area contributed by atoms with Crippen LogP contribution in [0.3, 0.4) is 0 Å². The standard InChI is InChI=1S/C16H20N2O3S/c1-10(19)14-5-11(9-22-14)6-16(21)18-4-3-13-12(8-18)7-15(20)17(13)2/h5,9,12-13H,3-4,6-8H2,1-2H3/t12-,13+/m1/s1. The maximum atomic E-state index is 12.4. The molecule has 118 valence electrons. The number of ketones is 1. The average Bonchev–Trinajstić information content (AvgIpc) is 3.05. The summed E-state index contributed by atoms with van der Waals surface area (Å²) in [5.74, 6) is 0.587. The molecule has 5 nitrogen and oxygen atoms in total. The van der Waals surface area contributed by atoms with Crippen LogP contribution < -0.4 is 0 Å². The van der Waals surface area contributed by atoms with E-state index < -0.39 is 0 Å². The highest BCUT2D eigenvalue weighted by Gasteiger charge is 2.41. The second-order valence-corrected chi connectivity index (χ2v) is 7.13. The summed E-state index contributed by atoms with van der Waals surface area (Å²) < 4.78 is 0. The van der Waals surface area contributed by atoms with Crippen LogP contribution in [0.15, 0.2) is 11.4 Å². The summed E-state index contributed by atoms with van der Waals surface area (Å²) in [5, 5.41) is 1.88. The summed E-state index contributed by atoms with van der Waals surface area (Å²) in [6.45, 7) is 2.92. The first-order valence-electron chi connectivity index (χ1n) is 7.57.